The fourth-order valence-corrected chi connectivity index (χ4v) is 1.78. The first-order chi connectivity index (χ1) is 5.27. The normalized spacial score (nSPS) is 23.2. The molecule has 2 atom stereocenters. The molecule has 0 amide bonds. The molecule has 1 aliphatic carbocycles. The lowest BCUT2D eigenvalue weighted by molar-refractivity contribution is 0.0577. The molecule has 0 saturated heterocycles. The zero-order valence-corrected chi connectivity index (χ0v) is 9.20. The fourth-order valence-electron chi connectivity index (χ4n) is 0.769. The summed E-state index contributed by atoms with van der Waals surface area (Å²) < 4.78 is 5.60. The van der Waals surface area contributed by atoms with E-state index in [1.165, 1.54) is 12.8 Å². The molecule has 2 unspecified atom stereocenters. The molecule has 0 aromatic rings. The molecule has 0 radical (unpaired) electrons. The molecule has 1 aliphatic rings. The Balaban J connectivity index is 2.21. The predicted molar refractivity (Wildman–Crippen MR) is 52.1 cm³/mol. The third-order valence-electron chi connectivity index (χ3n) is 1.59. The number of rotatable bonds is 5. The van der Waals surface area contributed by atoms with Crippen molar-refractivity contribution in [3.8, 4) is 0 Å². The van der Waals surface area contributed by atoms with Gasteiger partial charge in [0.1, 0.15) is 0 Å². The average molecular weight is 262 g/mol. The van der Waals surface area contributed by atoms with Crippen LogP contribution >= 0.6 is 39.1 Å². The van der Waals surface area contributed by atoms with Crippen molar-refractivity contribution in [2.75, 3.05) is 11.8 Å². The van der Waals surface area contributed by atoms with Gasteiger partial charge in [-0.2, -0.15) is 0 Å². The number of hydrogen-bond donors (Lipinski definition) is 0. The molecule has 66 valence electrons. The van der Waals surface area contributed by atoms with E-state index in [9.17, 15) is 0 Å². The lowest BCUT2D eigenvalue weighted by Crippen LogP contribution is -2.28. The molecular formula is C7H11BrCl2O. The van der Waals surface area contributed by atoms with Crippen molar-refractivity contribution in [2.45, 2.75) is 29.9 Å². The summed E-state index contributed by atoms with van der Waals surface area (Å²) >= 11 is 14.8. The Morgan fingerprint density at radius 3 is 2.36 bits per heavy atom. The molecule has 0 heterocycles. The van der Waals surface area contributed by atoms with Crippen LogP contribution in [0.1, 0.15) is 12.8 Å². The topological polar surface area (TPSA) is 9.23 Å². The van der Waals surface area contributed by atoms with Crippen LogP contribution in [-0.4, -0.2) is 28.8 Å². The smallest absolute Gasteiger partial charge is 0.0850 e. The summed E-state index contributed by atoms with van der Waals surface area (Å²) in [5.74, 6) is 1.06. The van der Waals surface area contributed by atoms with E-state index in [4.69, 9.17) is 27.9 Å². The lowest BCUT2D eigenvalue weighted by Gasteiger charge is -2.18. The second-order valence-corrected chi connectivity index (χ2v) is 4.49. The summed E-state index contributed by atoms with van der Waals surface area (Å²) in [5.41, 5.74) is 0. The van der Waals surface area contributed by atoms with Gasteiger partial charge in [0, 0.05) is 11.8 Å². The Labute approximate surface area is 85.5 Å². The number of alkyl halides is 3. The molecule has 11 heavy (non-hydrogen) atoms. The second kappa shape index (κ2) is 4.90. The number of halogens is 3. The van der Waals surface area contributed by atoms with Gasteiger partial charge < -0.3 is 4.74 Å². The minimum Gasteiger partial charge on any atom is -0.373 e. The third-order valence-corrected chi connectivity index (χ3v) is 3.52. The van der Waals surface area contributed by atoms with Crippen LogP contribution in [0.4, 0.5) is 0 Å². The highest BCUT2D eigenvalue weighted by Gasteiger charge is 2.28. The Hall–Kier alpha value is 1.02. The van der Waals surface area contributed by atoms with Crippen molar-refractivity contribution < 1.29 is 4.74 Å². The van der Waals surface area contributed by atoms with Crippen LogP contribution in [0.5, 0.6) is 0 Å². The number of hydrogen-bond acceptors (Lipinski definition) is 1. The molecular weight excluding hydrogens is 251 g/mol. The zero-order valence-electron chi connectivity index (χ0n) is 6.10. The molecule has 0 aromatic heterocycles. The van der Waals surface area contributed by atoms with Crippen LogP contribution in [0.2, 0.25) is 0 Å². The van der Waals surface area contributed by atoms with Gasteiger partial charge in [0.2, 0.25) is 0 Å². The number of ether oxygens (including phenoxy) is 1. The van der Waals surface area contributed by atoms with Crippen LogP contribution in [0.25, 0.3) is 0 Å². The van der Waals surface area contributed by atoms with Gasteiger partial charge >= 0.3 is 0 Å². The van der Waals surface area contributed by atoms with E-state index in [-0.39, 0.29) is 10.9 Å². The highest BCUT2D eigenvalue weighted by molar-refractivity contribution is 9.09. The van der Waals surface area contributed by atoms with Crippen LogP contribution in [0, 0.1) is 0 Å². The molecule has 0 spiro atoms. The summed E-state index contributed by atoms with van der Waals surface area (Å²) in [6, 6.07) is 0. The van der Waals surface area contributed by atoms with Crippen LogP contribution in [0.15, 0.2) is 0 Å². The first kappa shape index (κ1) is 10.1. The van der Waals surface area contributed by atoms with Crippen LogP contribution in [0.3, 0.4) is 0 Å². The summed E-state index contributed by atoms with van der Waals surface area (Å²) in [6.45, 7) is 0. The Kier molecular flexibility index (Phi) is 4.50. The molecule has 0 aliphatic heterocycles. The summed E-state index contributed by atoms with van der Waals surface area (Å²) in [7, 11) is 0. The van der Waals surface area contributed by atoms with Crippen molar-refractivity contribution >= 4 is 39.1 Å². The van der Waals surface area contributed by atoms with Gasteiger partial charge in [0.05, 0.1) is 17.0 Å². The SMILES string of the molecule is ClCC(Br)C(CCl)OC1CC1. The first-order valence-corrected chi connectivity index (χ1v) is 5.68. The minimum absolute atomic E-state index is 0.0710. The molecule has 0 bridgehead atoms. The third kappa shape index (κ3) is 3.49. The van der Waals surface area contributed by atoms with E-state index < -0.39 is 0 Å². The van der Waals surface area contributed by atoms with Gasteiger partial charge in [0.15, 0.2) is 0 Å². The van der Waals surface area contributed by atoms with E-state index in [1.807, 2.05) is 0 Å². The monoisotopic (exact) mass is 260 g/mol. The quantitative estimate of drug-likeness (QED) is 0.692. The molecule has 4 heteroatoms. The maximum atomic E-state index is 5.70. The summed E-state index contributed by atoms with van der Waals surface area (Å²) in [5, 5.41) is 0. The second-order valence-electron chi connectivity index (χ2n) is 2.70. The van der Waals surface area contributed by atoms with E-state index in [0.29, 0.717) is 17.9 Å². The van der Waals surface area contributed by atoms with Gasteiger partial charge in [-0.3, -0.25) is 0 Å². The van der Waals surface area contributed by atoms with Gasteiger partial charge in [-0.15, -0.1) is 23.2 Å². The Morgan fingerprint density at radius 1 is 1.36 bits per heavy atom. The maximum absolute atomic E-state index is 5.70. The summed E-state index contributed by atoms with van der Waals surface area (Å²) in [6.07, 6.45) is 2.87. The zero-order chi connectivity index (χ0) is 8.27. The van der Waals surface area contributed by atoms with E-state index in [1.54, 1.807) is 0 Å². The standard InChI is InChI=1S/C7H11BrCl2O/c8-6(3-9)7(4-10)11-5-1-2-5/h5-7H,1-4H2. The van der Waals surface area contributed by atoms with E-state index in [0.717, 1.165) is 0 Å². The Morgan fingerprint density at radius 2 is 2.00 bits per heavy atom. The lowest BCUT2D eigenvalue weighted by atomic mass is 10.3. The highest BCUT2D eigenvalue weighted by atomic mass is 79.9. The predicted octanol–water partition coefficient (Wildman–Crippen LogP) is 2.78. The van der Waals surface area contributed by atoms with Gasteiger partial charge in [0.25, 0.3) is 0 Å². The van der Waals surface area contributed by atoms with Crippen LogP contribution < -0.4 is 0 Å². The average Bonchev–Trinajstić information content (AvgIpc) is 2.82. The molecule has 1 rings (SSSR count). The van der Waals surface area contributed by atoms with Gasteiger partial charge in [-0.05, 0) is 12.8 Å². The first-order valence-electron chi connectivity index (χ1n) is 3.69. The Bertz CT molecular complexity index is 119. The van der Waals surface area contributed by atoms with Gasteiger partial charge in [-0.25, -0.2) is 0 Å². The molecule has 0 aromatic carbocycles. The van der Waals surface area contributed by atoms with Crippen molar-refractivity contribution in [3.05, 3.63) is 0 Å². The largest absolute Gasteiger partial charge is 0.373 e. The fraction of sp³-hybridized carbons (Fsp3) is 1.00. The minimum atomic E-state index is 0.0710. The van der Waals surface area contributed by atoms with E-state index in [2.05, 4.69) is 15.9 Å². The van der Waals surface area contributed by atoms with Crippen molar-refractivity contribution in [2.24, 2.45) is 0 Å². The van der Waals surface area contributed by atoms with Crippen molar-refractivity contribution in [1.82, 2.24) is 0 Å². The molecule has 1 saturated carbocycles. The molecule has 1 nitrogen and oxygen atoms in total. The van der Waals surface area contributed by atoms with Gasteiger partial charge in [-0.1, -0.05) is 15.9 Å². The summed E-state index contributed by atoms with van der Waals surface area (Å²) in [4.78, 5) is 0.183. The maximum Gasteiger partial charge on any atom is 0.0850 e. The van der Waals surface area contributed by atoms with Crippen molar-refractivity contribution in [3.63, 3.8) is 0 Å². The van der Waals surface area contributed by atoms with Crippen molar-refractivity contribution in [1.29, 1.82) is 0 Å². The van der Waals surface area contributed by atoms with E-state index >= 15 is 0 Å². The van der Waals surface area contributed by atoms with Crippen LogP contribution in [-0.2, 0) is 4.74 Å². The molecule has 0 N–H and O–H groups in total. The molecule has 1 fully saturated rings. The highest BCUT2D eigenvalue weighted by Crippen LogP contribution is 2.27.